The van der Waals surface area contributed by atoms with Crippen LogP contribution >= 0.6 is 11.6 Å². The lowest BCUT2D eigenvalue weighted by Gasteiger charge is -2.30. The molecule has 2 amide bonds. The fourth-order valence-corrected chi connectivity index (χ4v) is 4.51. The Kier molecular flexibility index (Phi) is 6.88. The van der Waals surface area contributed by atoms with Crippen LogP contribution in [0.4, 0.5) is 10.5 Å². The van der Waals surface area contributed by atoms with E-state index >= 15 is 0 Å². The van der Waals surface area contributed by atoms with E-state index < -0.39 is 16.1 Å². The first kappa shape index (κ1) is 23.1. The number of ether oxygens (including phenoxy) is 1. The van der Waals surface area contributed by atoms with Crippen molar-refractivity contribution in [1.29, 1.82) is 0 Å². The molecule has 166 valence electrons. The molecule has 1 aliphatic heterocycles. The number of primary sulfonamides is 1. The molecule has 1 heterocycles. The summed E-state index contributed by atoms with van der Waals surface area (Å²) >= 11 is 6.11. The molecule has 10 heteroatoms. The van der Waals surface area contributed by atoms with Crippen LogP contribution in [-0.2, 0) is 38.9 Å². The number of benzene rings is 2. The highest BCUT2D eigenvalue weighted by Crippen LogP contribution is 2.30. The molecule has 0 saturated heterocycles. The fourth-order valence-electron chi connectivity index (χ4n) is 3.44. The molecule has 2 aromatic carbocycles. The number of nitrogens with one attached hydrogen (secondary N) is 1. The highest BCUT2D eigenvalue weighted by molar-refractivity contribution is 7.89. The Morgan fingerprint density at radius 3 is 2.61 bits per heavy atom. The number of amides is 2. The molecular weight excluding hydrogens is 442 g/mol. The predicted molar refractivity (Wildman–Crippen MR) is 117 cm³/mol. The van der Waals surface area contributed by atoms with E-state index in [9.17, 15) is 18.0 Å². The summed E-state index contributed by atoms with van der Waals surface area (Å²) in [6.07, 6.45) is -0.425. The summed E-state index contributed by atoms with van der Waals surface area (Å²) in [4.78, 5) is 26.2. The lowest BCUT2D eigenvalue weighted by atomic mass is 9.99. The zero-order chi connectivity index (χ0) is 22.8. The standard InChI is InChI=1S/C21H24ClN3O5S/c1-13(2)30-21(27)25-8-7-17-15(12-25)9-16(11-19(17)31(23,28)29)24-20(26)10-14-5-3-4-6-18(14)22/h3-6,9,11,13H,7-8,10,12H2,1-2H3,(H,24,26)(H2,23,28,29). The van der Waals surface area contributed by atoms with Gasteiger partial charge in [-0.2, -0.15) is 0 Å². The van der Waals surface area contributed by atoms with Gasteiger partial charge in [0.25, 0.3) is 0 Å². The topological polar surface area (TPSA) is 119 Å². The highest BCUT2D eigenvalue weighted by atomic mass is 35.5. The molecule has 0 aliphatic carbocycles. The van der Waals surface area contributed by atoms with Gasteiger partial charge in [0.05, 0.1) is 17.4 Å². The molecule has 0 spiro atoms. The number of rotatable bonds is 5. The number of sulfonamides is 1. The minimum absolute atomic E-state index is 0.0221. The van der Waals surface area contributed by atoms with Gasteiger partial charge in [0.2, 0.25) is 15.9 Å². The van der Waals surface area contributed by atoms with Gasteiger partial charge in [-0.3, -0.25) is 4.79 Å². The third-order valence-electron chi connectivity index (χ3n) is 4.79. The SMILES string of the molecule is CC(C)OC(=O)N1CCc2c(cc(NC(=O)Cc3ccccc3Cl)cc2S(N)(=O)=O)C1. The fraction of sp³-hybridized carbons (Fsp3) is 0.333. The molecule has 3 rings (SSSR count). The smallest absolute Gasteiger partial charge is 0.410 e. The van der Waals surface area contributed by atoms with Crippen LogP contribution in [0.2, 0.25) is 5.02 Å². The number of halogens is 1. The summed E-state index contributed by atoms with van der Waals surface area (Å²) in [6, 6.07) is 9.97. The van der Waals surface area contributed by atoms with Gasteiger partial charge in [-0.25, -0.2) is 18.4 Å². The van der Waals surface area contributed by atoms with Crippen LogP contribution in [0.25, 0.3) is 0 Å². The number of hydrogen-bond donors (Lipinski definition) is 2. The van der Waals surface area contributed by atoms with Crippen LogP contribution < -0.4 is 10.5 Å². The second kappa shape index (κ2) is 9.25. The highest BCUT2D eigenvalue weighted by Gasteiger charge is 2.28. The minimum Gasteiger partial charge on any atom is -0.447 e. The van der Waals surface area contributed by atoms with Crippen LogP contribution in [0.3, 0.4) is 0 Å². The third kappa shape index (κ3) is 5.75. The first-order valence-corrected chi connectivity index (χ1v) is 11.6. The Morgan fingerprint density at radius 1 is 1.26 bits per heavy atom. The van der Waals surface area contributed by atoms with Gasteiger partial charge in [-0.15, -0.1) is 0 Å². The maximum absolute atomic E-state index is 12.5. The summed E-state index contributed by atoms with van der Waals surface area (Å²) in [7, 11) is -4.03. The molecule has 0 unspecified atom stereocenters. The maximum Gasteiger partial charge on any atom is 0.410 e. The van der Waals surface area contributed by atoms with Crippen molar-refractivity contribution < 1.29 is 22.7 Å². The Hall–Kier alpha value is -2.62. The van der Waals surface area contributed by atoms with Crippen LogP contribution in [0, 0.1) is 0 Å². The first-order chi connectivity index (χ1) is 14.5. The molecule has 0 aromatic heterocycles. The van der Waals surface area contributed by atoms with Gasteiger partial charge in [-0.05, 0) is 55.2 Å². The van der Waals surface area contributed by atoms with Crippen molar-refractivity contribution in [3.63, 3.8) is 0 Å². The molecule has 3 N–H and O–H groups in total. The van der Waals surface area contributed by atoms with Crippen LogP contribution in [-0.4, -0.2) is 38.0 Å². The Bertz CT molecular complexity index is 1120. The van der Waals surface area contributed by atoms with Crippen molar-refractivity contribution in [2.24, 2.45) is 5.14 Å². The number of nitrogens with zero attached hydrogens (tertiary/aromatic N) is 1. The third-order valence-corrected chi connectivity index (χ3v) is 6.13. The van der Waals surface area contributed by atoms with E-state index in [-0.39, 0.29) is 35.6 Å². The molecule has 1 aliphatic rings. The lowest BCUT2D eigenvalue weighted by molar-refractivity contribution is -0.115. The molecular formula is C21H24ClN3O5S. The molecule has 8 nitrogen and oxygen atoms in total. The van der Waals surface area contributed by atoms with Crippen molar-refractivity contribution in [3.05, 3.63) is 58.1 Å². The van der Waals surface area contributed by atoms with Crippen molar-refractivity contribution in [1.82, 2.24) is 4.90 Å². The van der Waals surface area contributed by atoms with Gasteiger partial charge >= 0.3 is 6.09 Å². The van der Waals surface area contributed by atoms with E-state index in [4.69, 9.17) is 21.5 Å². The zero-order valence-corrected chi connectivity index (χ0v) is 18.8. The zero-order valence-electron chi connectivity index (χ0n) is 17.2. The number of fused-ring (bicyclic) bond motifs is 1. The van der Waals surface area contributed by atoms with Crippen molar-refractivity contribution >= 4 is 39.3 Å². The normalized spacial score (nSPS) is 13.6. The van der Waals surface area contributed by atoms with E-state index in [1.165, 1.54) is 11.0 Å². The Balaban J connectivity index is 1.88. The van der Waals surface area contributed by atoms with Gasteiger partial charge in [0, 0.05) is 23.8 Å². The summed E-state index contributed by atoms with van der Waals surface area (Å²) in [6.45, 7) is 3.96. The van der Waals surface area contributed by atoms with Crippen LogP contribution in [0.1, 0.15) is 30.5 Å². The van der Waals surface area contributed by atoms with Gasteiger partial charge in [-0.1, -0.05) is 29.8 Å². The Morgan fingerprint density at radius 2 is 1.97 bits per heavy atom. The average Bonchev–Trinajstić information content (AvgIpc) is 2.67. The number of nitrogens with two attached hydrogens (primary N) is 1. The number of carbonyl (C=O) groups excluding carboxylic acids is 2. The number of carbonyl (C=O) groups is 2. The summed E-state index contributed by atoms with van der Waals surface area (Å²) in [5.41, 5.74) is 2.06. The summed E-state index contributed by atoms with van der Waals surface area (Å²) < 4.78 is 29.6. The summed E-state index contributed by atoms with van der Waals surface area (Å²) in [5.74, 6) is -0.361. The Labute approximate surface area is 186 Å². The van der Waals surface area contributed by atoms with Gasteiger partial charge in [0.15, 0.2) is 0 Å². The van der Waals surface area contributed by atoms with E-state index in [1.54, 1.807) is 44.2 Å². The van der Waals surface area contributed by atoms with E-state index in [1.807, 2.05) is 0 Å². The second-order valence-electron chi connectivity index (χ2n) is 7.58. The quantitative estimate of drug-likeness (QED) is 0.703. The first-order valence-electron chi connectivity index (χ1n) is 9.72. The maximum atomic E-state index is 12.5. The average molecular weight is 466 g/mol. The number of anilines is 1. The molecule has 31 heavy (non-hydrogen) atoms. The van der Waals surface area contributed by atoms with Crippen molar-refractivity contribution in [2.45, 2.75) is 44.2 Å². The summed E-state index contributed by atoms with van der Waals surface area (Å²) in [5, 5.41) is 8.59. The predicted octanol–water partition coefficient (Wildman–Crippen LogP) is 3.07. The molecule has 0 radical (unpaired) electrons. The van der Waals surface area contributed by atoms with E-state index in [2.05, 4.69) is 5.32 Å². The largest absolute Gasteiger partial charge is 0.447 e. The van der Waals surface area contributed by atoms with Crippen LogP contribution in [0.15, 0.2) is 41.3 Å². The molecule has 2 aromatic rings. The monoisotopic (exact) mass is 465 g/mol. The molecule has 0 bridgehead atoms. The van der Waals surface area contributed by atoms with Crippen molar-refractivity contribution in [3.8, 4) is 0 Å². The molecule has 0 atom stereocenters. The van der Waals surface area contributed by atoms with Crippen LogP contribution in [0.5, 0.6) is 0 Å². The minimum atomic E-state index is -4.03. The second-order valence-corrected chi connectivity index (χ2v) is 9.51. The van der Waals surface area contributed by atoms with Gasteiger partial charge in [0.1, 0.15) is 0 Å². The van der Waals surface area contributed by atoms with E-state index in [0.29, 0.717) is 34.7 Å². The number of hydrogen-bond acceptors (Lipinski definition) is 5. The van der Waals surface area contributed by atoms with Gasteiger partial charge < -0.3 is 15.0 Å². The van der Waals surface area contributed by atoms with Crippen molar-refractivity contribution in [2.75, 3.05) is 11.9 Å². The lowest BCUT2D eigenvalue weighted by Crippen LogP contribution is -2.38. The molecule has 0 saturated carbocycles. The molecule has 0 fully saturated rings. The van der Waals surface area contributed by atoms with E-state index in [0.717, 1.165) is 0 Å².